The van der Waals surface area contributed by atoms with E-state index in [1.165, 1.54) is 0 Å². The summed E-state index contributed by atoms with van der Waals surface area (Å²) >= 11 is 0. The fraction of sp³-hybridized carbons (Fsp3) is 0.222. The van der Waals surface area contributed by atoms with Crippen LogP contribution in [-0.2, 0) is 16.1 Å². The van der Waals surface area contributed by atoms with Gasteiger partial charge in [0.1, 0.15) is 12.4 Å². The molecule has 0 spiro atoms. The molecule has 8 nitrogen and oxygen atoms in total. The molecule has 0 aromatic heterocycles. The highest BCUT2D eigenvalue weighted by Gasteiger charge is 2.27. The molecule has 2 heterocycles. The standard InChI is InChI=1S/C18H16N2O6/c21-17(11-5-6-13-12(7-11)8-23-10-25-13)19-20-18(22)16-9-24-14-3-1-2-4-15(14)26-16/h1-7,16H,8-10H2,(H,19,21)(H,20,22). The van der Waals surface area contributed by atoms with Crippen LogP contribution in [0.15, 0.2) is 42.5 Å². The second-order valence-corrected chi connectivity index (χ2v) is 5.74. The van der Waals surface area contributed by atoms with E-state index in [2.05, 4.69) is 10.9 Å². The number of rotatable bonds is 2. The molecule has 0 radical (unpaired) electrons. The highest BCUT2D eigenvalue weighted by Crippen LogP contribution is 2.30. The lowest BCUT2D eigenvalue weighted by atomic mass is 10.1. The molecule has 1 atom stereocenters. The Morgan fingerprint density at radius 2 is 1.81 bits per heavy atom. The number of ether oxygens (including phenoxy) is 4. The van der Waals surface area contributed by atoms with Crippen molar-refractivity contribution in [1.82, 2.24) is 10.9 Å². The topological polar surface area (TPSA) is 95.1 Å². The molecular formula is C18H16N2O6. The predicted octanol–water partition coefficient (Wildman–Crippen LogP) is 1.15. The molecule has 0 aliphatic carbocycles. The highest BCUT2D eigenvalue weighted by atomic mass is 16.7. The molecule has 26 heavy (non-hydrogen) atoms. The molecule has 4 rings (SSSR count). The van der Waals surface area contributed by atoms with Crippen molar-refractivity contribution >= 4 is 11.8 Å². The summed E-state index contributed by atoms with van der Waals surface area (Å²) in [5.41, 5.74) is 5.88. The van der Waals surface area contributed by atoms with Gasteiger partial charge in [0.25, 0.3) is 11.8 Å². The van der Waals surface area contributed by atoms with E-state index >= 15 is 0 Å². The zero-order valence-corrected chi connectivity index (χ0v) is 13.7. The largest absolute Gasteiger partial charge is 0.485 e. The number of amides is 2. The van der Waals surface area contributed by atoms with Gasteiger partial charge in [-0.05, 0) is 30.3 Å². The van der Waals surface area contributed by atoms with Crippen LogP contribution in [0.4, 0.5) is 0 Å². The summed E-state index contributed by atoms with van der Waals surface area (Å²) < 4.78 is 21.6. The molecule has 2 N–H and O–H groups in total. The maximum absolute atomic E-state index is 12.2. The monoisotopic (exact) mass is 356 g/mol. The highest BCUT2D eigenvalue weighted by molar-refractivity contribution is 5.96. The summed E-state index contributed by atoms with van der Waals surface area (Å²) in [4.78, 5) is 24.4. The molecule has 2 amide bonds. The van der Waals surface area contributed by atoms with Crippen LogP contribution in [0.3, 0.4) is 0 Å². The molecule has 2 aliphatic rings. The zero-order valence-electron chi connectivity index (χ0n) is 13.7. The molecule has 8 heteroatoms. The number of fused-ring (bicyclic) bond motifs is 2. The van der Waals surface area contributed by atoms with Gasteiger partial charge in [0.15, 0.2) is 18.3 Å². The van der Waals surface area contributed by atoms with Crippen LogP contribution in [0, 0.1) is 0 Å². The Morgan fingerprint density at radius 3 is 2.69 bits per heavy atom. The van der Waals surface area contributed by atoms with Crippen LogP contribution in [0.1, 0.15) is 15.9 Å². The van der Waals surface area contributed by atoms with Crippen LogP contribution in [0.5, 0.6) is 17.2 Å². The first-order chi connectivity index (χ1) is 12.7. The summed E-state index contributed by atoms with van der Waals surface area (Å²) in [6, 6.07) is 12.0. The number of hydrogen-bond acceptors (Lipinski definition) is 6. The summed E-state index contributed by atoms with van der Waals surface area (Å²) in [6.07, 6.45) is -0.851. The van der Waals surface area contributed by atoms with Gasteiger partial charge < -0.3 is 18.9 Å². The van der Waals surface area contributed by atoms with E-state index < -0.39 is 17.9 Å². The van der Waals surface area contributed by atoms with Crippen LogP contribution < -0.4 is 25.1 Å². The van der Waals surface area contributed by atoms with E-state index in [0.717, 1.165) is 5.56 Å². The lowest BCUT2D eigenvalue weighted by molar-refractivity contribution is -0.131. The normalized spacial score (nSPS) is 17.5. The van der Waals surface area contributed by atoms with Gasteiger partial charge in [-0.1, -0.05) is 12.1 Å². The summed E-state index contributed by atoms with van der Waals surface area (Å²) in [6.45, 7) is 0.628. The van der Waals surface area contributed by atoms with E-state index in [-0.39, 0.29) is 13.4 Å². The van der Waals surface area contributed by atoms with Crippen molar-refractivity contribution in [3.05, 3.63) is 53.6 Å². The minimum absolute atomic E-state index is 0.0617. The second kappa shape index (κ2) is 6.93. The molecule has 2 aromatic carbocycles. The fourth-order valence-electron chi connectivity index (χ4n) is 2.65. The SMILES string of the molecule is O=C(NNC(=O)C1COc2ccccc2O1)c1ccc2c(c1)COCO2. The van der Waals surface area contributed by atoms with Crippen molar-refractivity contribution in [3.8, 4) is 17.2 Å². The van der Waals surface area contributed by atoms with Gasteiger partial charge >= 0.3 is 0 Å². The van der Waals surface area contributed by atoms with Crippen molar-refractivity contribution in [1.29, 1.82) is 0 Å². The van der Waals surface area contributed by atoms with Crippen molar-refractivity contribution in [3.63, 3.8) is 0 Å². The first-order valence-corrected chi connectivity index (χ1v) is 8.03. The van der Waals surface area contributed by atoms with Crippen molar-refractivity contribution < 1.29 is 28.5 Å². The van der Waals surface area contributed by atoms with Gasteiger partial charge in [-0.25, -0.2) is 0 Å². The molecule has 0 bridgehead atoms. The molecule has 2 aliphatic heterocycles. The smallest absolute Gasteiger partial charge is 0.283 e. The van der Waals surface area contributed by atoms with Gasteiger partial charge in [0, 0.05) is 11.1 Å². The Balaban J connectivity index is 1.35. The minimum atomic E-state index is -0.851. The third-order valence-electron chi connectivity index (χ3n) is 3.98. The van der Waals surface area contributed by atoms with Crippen LogP contribution in [0.2, 0.25) is 0 Å². The average Bonchev–Trinajstić information content (AvgIpc) is 2.71. The lowest BCUT2D eigenvalue weighted by Crippen LogP contribution is -2.50. The molecule has 2 aromatic rings. The number of para-hydroxylation sites is 2. The first kappa shape index (κ1) is 16.2. The van der Waals surface area contributed by atoms with Crippen molar-refractivity contribution in [2.75, 3.05) is 13.4 Å². The molecular weight excluding hydrogens is 340 g/mol. The van der Waals surface area contributed by atoms with E-state index in [9.17, 15) is 9.59 Å². The lowest BCUT2D eigenvalue weighted by Gasteiger charge is -2.25. The van der Waals surface area contributed by atoms with Crippen molar-refractivity contribution in [2.24, 2.45) is 0 Å². The number of carbonyl (C=O) groups is 2. The van der Waals surface area contributed by atoms with Crippen LogP contribution >= 0.6 is 0 Å². The third kappa shape index (κ3) is 3.27. The van der Waals surface area contributed by atoms with Gasteiger partial charge in [0.05, 0.1) is 6.61 Å². The summed E-state index contributed by atoms with van der Waals surface area (Å²) in [5, 5.41) is 0. The number of hydrazine groups is 1. The maximum Gasteiger partial charge on any atom is 0.283 e. The quantitative estimate of drug-likeness (QED) is 0.784. The predicted molar refractivity (Wildman–Crippen MR) is 88.7 cm³/mol. The Kier molecular flexibility index (Phi) is 4.32. The molecule has 134 valence electrons. The summed E-state index contributed by atoms with van der Waals surface area (Å²) in [7, 11) is 0. The first-order valence-electron chi connectivity index (χ1n) is 8.03. The third-order valence-corrected chi connectivity index (χ3v) is 3.98. The van der Waals surface area contributed by atoms with Gasteiger partial charge in [-0.15, -0.1) is 0 Å². The second-order valence-electron chi connectivity index (χ2n) is 5.74. The average molecular weight is 356 g/mol. The van der Waals surface area contributed by atoms with Crippen molar-refractivity contribution in [2.45, 2.75) is 12.7 Å². The molecule has 1 unspecified atom stereocenters. The number of hydrogen-bond donors (Lipinski definition) is 2. The number of nitrogens with one attached hydrogen (secondary N) is 2. The summed E-state index contributed by atoms with van der Waals surface area (Å²) in [5.74, 6) is 0.795. The van der Waals surface area contributed by atoms with Crippen LogP contribution in [-0.4, -0.2) is 31.3 Å². The van der Waals surface area contributed by atoms with Gasteiger partial charge in [-0.2, -0.15) is 0 Å². The Bertz CT molecular complexity index is 853. The number of carbonyl (C=O) groups excluding carboxylic acids is 2. The Hall–Kier alpha value is -3.26. The molecule has 0 saturated carbocycles. The molecule has 0 fully saturated rings. The zero-order chi connectivity index (χ0) is 17.9. The van der Waals surface area contributed by atoms with E-state index in [1.807, 2.05) is 6.07 Å². The Labute approximate surface area is 149 Å². The van der Waals surface area contributed by atoms with Gasteiger partial charge in [-0.3, -0.25) is 20.4 Å². The minimum Gasteiger partial charge on any atom is -0.485 e. The van der Waals surface area contributed by atoms with Gasteiger partial charge in [0.2, 0.25) is 6.10 Å². The number of benzene rings is 2. The Morgan fingerprint density at radius 1 is 0.962 bits per heavy atom. The van der Waals surface area contributed by atoms with E-state index in [1.54, 1.807) is 36.4 Å². The van der Waals surface area contributed by atoms with E-state index in [0.29, 0.717) is 29.4 Å². The van der Waals surface area contributed by atoms with Crippen LogP contribution in [0.25, 0.3) is 0 Å². The molecule has 0 saturated heterocycles. The maximum atomic E-state index is 12.2. The van der Waals surface area contributed by atoms with E-state index in [4.69, 9.17) is 18.9 Å². The fourth-order valence-corrected chi connectivity index (χ4v) is 2.65.